The lowest BCUT2D eigenvalue weighted by Gasteiger charge is -2.19. The first-order chi connectivity index (χ1) is 7.29. The molecule has 1 aromatic rings. The predicted octanol–water partition coefficient (Wildman–Crippen LogP) is 3.24. The van der Waals surface area contributed by atoms with E-state index in [1.54, 1.807) is 12.3 Å². The van der Waals surface area contributed by atoms with Crippen molar-refractivity contribution in [2.75, 3.05) is 11.9 Å². The Morgan fingerprint density at radius 3 is 2.53 bits per heavy atom. The Balaban J connectivity index is 2.96. The summed E-state index contributed by atoms with van der Waals surface area (Å²) in [6.07, 6.45) is 5.39. The van der Waals surface area contributed by atoms with E-state index in [9.17, 15) is 0 Å². The lowest BCUT2D eigenvalue weighted by molar-refractivity contribution is 1.06. The first kappa shape index (κ1) is 11.2. The van der Waals surface area contributed by atoms with Crippen LogP contribution in [0.4, 0.5) is 5.69 Å². The molecule has 78 valence electrons. The maximum absolute atomic E-state index is 4.28. The fourth-order valence-electron chi connectivity index (χ4n) is 1.26. The Hall–Kier alpha value is -1.83. The Bertz CT molecular complexity index is 363. The molecule has 0 saturated heterocycles. The molecule has 0 bridgehead atoms. The van der Waals surface area contributed by atoms with Crippen LogP contribution in [0.25, 0.3) is 0 Å². The van der Waals surface area contributed by atoms with Crippen LogP contribution < -0.4 is 4.90 Å². The third-order valence-electron chi connectivity index (χ3n) is 2.02. The first-order valence-electron chi connectivity index (χ1n) is 4.89. The fourth-order valence-corrected chi connectivity index (χ4v) is 1.26. The first-order valence-corrected chi connectivity index (χ1v) is 4.89. The second-order valence-corrected chi connectivity index (χ2v) is 3.04. The highest BCUT2D eigenvalue weighted by molar-refractivity contribution is 5.59. The Kier molecular flexibility index (Phi) is 4.35. The lowest BCUT2D eigenvalue weighted by Crippen LogP contribution is -2.14. The monoisotopic (exact) mass is 200 g/mol. The van der Waals surface area contributed by atoms with Crippen LogP contribution in [0.2, 0.25) is 0 Å². The Morgan fingerprint density at radius 1 is 1.33 bits per heavy atom. The molecule has 0 fully saturated rings. The van der Waals surface area contributed by atoms with Crippen molar-refractivity contribution >= 4 is 11.9 Å². The zero-order valence-corrected chi connectivity index (χ0v) is 9.22. The van der Waals surface area contributed by atoms with Gasteiger partial charge in [0.1, 0.15) is 5.82 Å². The number of anilines is 1. The summed E-state index contributed by atoms with van der Waals surface area (Å²) in [7, 11) is 1.98. The van der Waals surface area contributed by atoms with Crippen molar-refractivity contribution < 1.29 is 0 Å². The van der Waals surface area contributed by atoms with Crippen LogP contribution >= 0.6 is 0 Å². The van der Waals surface area contributed by atoms with Crippen LogP contribution in [0.15, 0.2) is 59.9 Å². The lowest BCUT2D eigenvalue weighted by atomic mass is 10.3. The number of allylic oxidation sites excluding steroid dienone is 2. The standard InChI is InChI=1S/C13H16N2/c1-4-9-13(14-5-2)15(3)12-10-7-6-8-11-12/h4-11H,1H2,2-3H3/b13-9+,14-5?. The second-order valence-electron chi connectivity index (χ2n) is 3.04. The van der Waals surface area contributed by atoms with Gasteiger partial charge in [-0.2, -0.15) is 0 Å². The van der Waals surface area contributed by atoms with Gasteiger partial charge in [0.2, 0.25) is 0 Å². The van der Waals surface area contributed by atoms with Gasteiger partial charge < -0.3 is 4.90 Å². The molecular weight excluding hydrogens is 184 g/mol. The van der Waals surface area contributed by atoms with E-state index in [-0.39, 0.29) is 0 Å². The molecule has 15 heavy (non-hydrogen) atoms. The molecule has 2 nitrogen and oxygen atoms in total. The molecule has 0 aliphatic rings. The minimum Gasteiger partial charge on any atom is -0.329 e. The highest BCUT2D eigenvalue weighted by atomic mass is 15.2. The largest absolute Gasteiger partial charge is 0.329 e. The summed E-state index contributed by atoms with van der Waals surface area (Å²) in [4.78, 5) is 6.30. The van der Waals surface area contributed by atoms with Crippen molar-refractivity contribution in [1.82, 2.24) is 0 Å². The summed E-state index contributed by atoms with van der Waals surface area (Å²) in [5, 5.41) is 0. The number of aliphatic imine (C=N–C) groups is 1. The summed E-state index contributed by atoms with van der Waals surface area (Å²) in [6.45, 7) is 5.58. The molecule has 2 heteroatoms. The minimum atomic E-state index is 0.874. The summed E-state index contributed by atoms with van der Waals surface area (Å²) < 4.78 is 0. The summed E-state index contributed by atoms with van der Waals surface area (Å²) >= 11 is 0. The van der Waals surface area contributed by atoms with Gasteiger partial charge in [-0.25, -0.2) is 4.99 Å². The van der Waals surface area contributed by atoms with Gasteiger partial charge >= 0.3 is 0 Å². The molecular formula is C13H16N2. The zero-order chi connectivity index (χ0) is 11.1. The number of hydrogen-bond acceptors (Lipinski definition) is 2. The van der Waals surface area contributed by atoms with Crippen molar-refractivity contribution in [2.45, 2.75) is 6.92 Å². The molecule has 0 radical (unpaired) electrons. The fraction of sp³-hybridized carbons (Fsp3) is 0.154. The van der Waals surface area contributed by atoms with Gasteiger partial charge in [0, 0.05) is 18.9 Å². The van der Waals surface area contributed by atoms with E-state index in [1.807, 2.05) is 55.3 Å². The van der Waals surface area contributed by atoms with Crippen LogP contribution in [0.1, 0.15) is 6.92 Å². The molecule has 0 spiro atoms. The van der Waals surface area contributed by atoms with E-state index in [4.69, 9.17) is 0 Å². The van der Waals surface area contributed by atoms with Gasteiger partial charge in [0.25, 0.3) is 0 Å². The van der Waals surface area contributed by atoms with Gasteiger partial charge in [0.05, 0.1) is 0 Å². The number of benzene rings is 1. The average molecular weight is 200 g/mol. The number of rotatable bonds is 4. The van der Waals surface area contributed by atoms with Gasteiger partial charge in [-0.3, -0.25) is 0 Å². The van der Waals surface area contributed by atoms with Crippen molar-refractivity contribution in [3.05, 3.63) is 54.9 Å². The van der Waals surface area contributed by atoms with Crippen molar-refractivity contribution in [3.63, 3.8) is 0 Å². The van der Waals surface area contributed by atoms with Crippen LogP contribution in [0.3, 0.4) is 0 Å². The van der Waals surface area contributed by atoms with E-state index >= 15 is 0 Å². The number of para-hydroxylation sites is 1. The summed E-state index contributed by atoms with van der Waals surface area (Å²) in [5.41, 5.74) is 1.11. The third-order valence-corrected chi connectivity index (χ3v) is 2.02. The highest BCUT2D eigenvalue weighted by Crippen LogP contribution is 2.16. The van der Waals surface area contributed by atoms with Gasteiger partial charge in [-0.15, -0.1) is 0 Å². The summed E-state index contributed by atoms with van der Waals surface area (Å²) in [5.74, 6) is 0.874. The molecule has 0 aliphatic carbocycles. The number of hydrogen-bond donors (Lipinski definition) is 0. The van der Waals surface area contributed by atoms with Crippen LogP contribution in [-0.4, -0.2) is 13.3 Å². The van der Waals surface area contributed by atoms with Crippen LogP contribution in [-0.2, 0) is 0 Å². The molecule has 0 aromatic heterocycles. The highest BCUT2D eigenvalue weighted by Gasteiger charge is 2.02. The van der Waals surface area contributed by atoms with Gasteiger partial charge in [0.15, 0.2) is 0 Å². The number of nitrogens with zero attached hydrogens (tertiary/aromatic N) is 2. The Labute approximate surface area is 91.3 Å². The molecule has 0 aliphatic heterocycles. The van der Waals surface area contributed by atoms with Crippen molar-refractivity contribution in [2.24, 2.45) is 4.99 Å². The van der Waals surface area contributed by atoms with E-state index in [2.05, 4.69) is 11.6 Å². The predicted molar refractivity (Wildman–Crippen MR) is 67.3 cm³/mol. The summed E-state index contributed by atoms with van der Waals surface area (Å²) in [6, 6.07) is 10.1. The van der Waals surface area contributed by atoms with Gasteiger partial charge in [-0.05, 0) is 25.1 Å². The van der Waals surface area contributed by atoms with Crippen molar-refractivity contribution in [3.8, 4) is 0 Å². The SMILES string of the molecule is C=C/C=C(\N=CC)N(C)c1ccccc1. The smallest absolute Gasteiger partial charge is 0.132 e. The van der Waals surface area contributed by atoms with E-state index < -0.39 is 0 Å². The molecule has 1 aromatic carbocycles. The topological polar surface area (TPSA) is 15.6 Å². The minimum absolute atomic E-state index is 0.874. The van der Waals surface area contributed by atoms with Gasteiger partial charge in [-0.1, -0.05) is 30.9 Å². The second kappa shape index (κ2) is 5.81. The molecule has 0 atom stereocenters. The molecule has 0 heterocycles. The molecule has 0 amide bonds. The Morgan fingerprint density at radius 2 is 2.00 bits per heavy atom. The molecule has 0 unspecified atom stereocenters. The van der Waals surface area contributed by atoms with Crippen LogP contribution in [0, 0.1) is 0 Å². The molecule has 1 rings (SSSR count). The molecule has 0 saturated carbocycles. The van der Waals surface area contributed by atoms with Crippen molar-refractivity contribution in [1.29, 1.82) is 0 Å². The zero-order valence-electron chi connectivity index (χ0n) is 9.22. The quantitative estimate of drug-likeness (QED) is 0.538. The van der Waals surface area contributed by atoms with E-state index in [1.165, 1.54) is 0 Å². The van der Waals surface area contributed by atoms with E-state index in [0.717, 1.165) is 11.5 Å². The normalized spacial score (nSPS) is 11.7. The third kappa shape index (κ3) is 3.09. The molecule has 0 N–H and O–H groups in total. The average Bonchev–Trinajstić information content (AvgIpc) is 2.29. The van der Waals surface area contributed by atoms with E-state index in [0.29, 0.717) is 0 Å². The van der Waals surface area contributed by atoms with Crippen LogP contribution in [0.5, 0.6) is 0 Å². The maximum Gasteiger partial charge on any atom is 0.132 e. The maximum atomic E-state index is 4.28.